The molecule has 1 rings (SSSR count). The third kappa shape index (κ3) is 1.81. The summed E-state index contributed by atoms with van der Waals surface area (Å²) >= 11 is 0. The minimum absolute atomic E-state index is 0.608. The quantitative estimate of drug-likeness (QED) is 0.561. The van der Waals surface area contributed by atoms with Crippen molar-refractivity contribution in [3.05, 3.63) is 35.9 Å². The van der Waals surface area contributed by atoms with Crippen LogP contribution in [-0.4, -0.2) is 11.1 Å². The number of hydroxylamine groups is 1. The van der Waals surface area contributed by atoms with E-state index in [1.165, 1.54) is 0 Å². The number of rotatable bonds is 3. The van der Waals surface area contributed by atoms with Crippen LogP contribution in [0.3, 0.4) is 0 Å². The summed E-state index contributed by atoms with van der Waals surface area (Å²) in [5.74, 6) is -0.608. The lowest BCUT2D eigenvalue weighted by atomic mass is 10.1. The van der Waals surface area contributed by atoms with E-state index in [4.69, 9.17) is 10.9 Å². The SMILES string of the molecule is NC(=O)[C@@H](NO)c1ccccc1. The second kappa shape index (κ2) is 3.85. The molecule has 1 aromatic carbocycles. The van der Waals surface area contributed by atoms with E-state index in [9.17, 15) is 4.79 Å². The highest BCUT2D eigenvalue weighted by molar-refractivity contribution is 5.81. The van der Waals surface area contributed by atoms with E-state index in [1.807, 2.05) is 11.5 Å². The van der Waals surface area contributed by atoms with Gasteiger partial charge in [-0.05, 0) is 5.56 Å². The van der Waals surface area contributed by atoms with Crippen LogP contribution in [0.25, 0.3) is 0 Å². The zero-order valence-electron chi connectivity index (χ0n) is 6.40. The molecule has 1 aromatic rings. The average molecular weight is 166 g/mol. The number of amides is 1. The first-order valence-electron chi connectivity index (χ1n) is 3.49. The molecule has 1 atom stereocenters. The summed E-state index contributed by atoms with van der Waals surface area (Å²) in [7, 11) is 0. The van der Waals surface area contributed by atoms with Crippen molar-refractivity contribution in [2.24, 2.45) is 5.73 Å². The fraction of sp³-hybridized carbons (Fsp3) is 0.125. The summed E-state index contributed by atoms with van der Waals surface area (Å²) < 4.78 is 0. The molecule has 1 amide bonds. The summed E-state index contributed by atoms with van der Waals surface area (Å²) in [6.45, 7) is 0. The Labute approximate surface area is 70.0 Å². The second-order valence-corrected chi connectivity index (χ2v) is 2.38. The van der Waals surface area contributed by atoms with Crippen molar-refractivity contribution >= 4 is 5.91 Å². The van der Waals surface area contributed by atoms with Crippen molar-refractivity contribution in [2.45, 2.75) is 6.04 Å². The molecule has 4 N–H and O–H groups in total. The van der Waals surface area contributed by atoms with Gasteiger partial charge in [0, 0.05) is 0 Å². The van der Waals surface area contributed by atoms with Gasteiger partial charge in [0.1, 0.15) is 6.04 Å². The van der Waals surface area contributed by atoms with E-state index in [-0.39, 0.29) is 0 Å². The summed E-state index contributed by atoms with van der Waals surface area (Å²) in [4.78, 5) is 10.7. The predicted molar refractivity (Wildman–Crippen MR) is 43.3 cm³/mol. The topological polar surface area (TPSA) is 75.4 Å². The van der Waals surface area contributed by atoms with Gasteiger partial charge in [-0.2, -0.15) is 5.48 Å². The molecule has 0 aromatic heterocycles. The van der Waals surface area contributed by atoms with Gasteiger partial charge in [-0.25, -0.2) is 0 Å². The van der Waals surface area contributed by atoms with Crippen molar-refractivity contribution < 1.29 is 10.0 Å². The van der Waals surface area contributed by atoms with E-state index in [2.05, 4.69) is 0 Å². The molecule has 0 unspecified atom stereocenters. The Morgan fingerprint density at radius 1 is 1.42 bits per heavy atom. The van der Waals surface area contributed by atoms with Crippen LogP contribution in [0.2, 0.25) is 0 Å². The molecular formula is C8H10N2O2. The van der Waals surface area contributed by atoms with Crippen LogP contribution in [0, 0.1) is 0 Å². The second-order valence-electron chi connectivity index (χ2n) is 2.38. The van der Waals surface area contributed by atoms with Crippen molar-refractivity contribution in [3.8, 4) is 0 Å². The van der Waals surface area contributed by atoms with Crippen molar-refractivity contribution in [1.29, 1.82) is 0 Å². The number of benzene rings is 1. The summed E-state index contributed by atoms with van der Waals surface area (Å²) in [6, 6.07) is 7.94. The Hall–Kier alpha value is -1.39. The zero-order valence-corrected chi connectivity index (χ0v) is 6.40. The first kappa shape index (κ1) is 8.70. The average Bonchev–Trinajstić information content (AvgIpc) is 2.07. The van der Waals surface area contributed by atoms with Crippen molar-refractivity contribution in [3.63, 3.8) is 0 Å². The van der Waals surface area contributed by atoms with Gasteiger partial charge in [0.15, 0.2) is 0 Å². The van der Waals surface area contributed by atoms with Gasteiger partial charge in [0.2, 0.25) is 5.91 Å². The number of carbonyl (C=O) groups is 1. The highest BCUT2D eigenvalue weighted by atomic mass is 16.5. The van der Waals surface area contributed by atoms with Crippen LogP contribution in [0.1, 0.15) is 11.6 Å². The van der Waals surface area contributed by atoms with Gasteiger partial charge in [-0.1, -0.05) is 30.3 Å². The molecule has 4 heteroatoms. The number of carbonyl (C=O) groups excluding carboxylic acids is 1. The van der Waals surface area contributed by atoms with E-state index >= 15 is 0 Å². The fourth-order valence-electron chi connectivity index (χ4n) is 0.948. The number of hydrogen-bond acceptors (Lipinski definition) is 3. The lowest BCUT2D eigenvalue weighted by molar-refractivity contribution is -0.122. The minimum atomic E-state index is -0.828. The molecule has 0 aliphatic carbocycles. The van der Waals surface area contributed by atoms with Crippen molar-refractivity contribution in [1.82, 2.24) is 5.48 Å². The fourth-order valence-corrected chi connectivity index (χ4v) is 0.948. The molecule has 0 fully saturated rings. The maximum atomic E-state index is 10.7. The Kier molecular flexibility index (Phi) is 2.79. The van der Waals surface area contributed by atoms with Gasteiger partial charge >= 0.3 is 0 Å². The molecule has 4 nitrogen and oxygen atoms in total. The Bertz CT molecular complexity index is 261. The largest absolute Gasteiger partial charge is 0.368 e. The van der Waals surface area contributed by atoms with Crippen LogP contribution in [-0.2, 0) is 4.79 Å². The molecule has 0 spiro atoms. The monoisotopic (exact) mass is 166 g/mol. The van der Waals surface area contributed by atoms with Gasteiger partial charge in [-0.15, -0.1) is 0 Å². The lowest BCUT2D eigenvalue weighted by Gasteiger charge is -2.10. The highest BCUT2D eigenvalue weighted by Gasteiger charge is 2.14. The molecule has 12 heavy (non-hydrogen) atoms. The molecular weight excluding hydrogens is 156 g/mol. The van der Waals surface area contributed by atoms with Gasteiger partial charge in [0.25, 0.3) is 0 Å². The standard InChI is InChI=1S/C8H10N2O2/c9-8(11)7(10-12)6-4-2-1-3-5-6/h1-5,7,10,12H,(H2,9,11)/t7-/m0/s1. The summed E-state index contributed by atoms with van der Waals surface area (Å²) in [5, 5.41) is 8.60. The van der Waals surface area contributed by atoms with Crippen LogP contribution in [0.15, 0.2) is 30.3 Å². The normalized spacial score (nSPS) is 12.4. The first-order chi connectivity index (χ1) is 5.75. The maximum Gasteiger partial charge on any atom is 0.241 e. The van der Waals surface area contributed by atoms with E-state index in [0.29, 0.717) is 5.56 Å². The zero-order chi connectivity index (χ0) is 8.97. The van der Waals surface area contributed by atoms with E-state index in [1.54, 1.807) is 24.3 Å². The minimum Gasteiger partial charge on any atom is -0.368 e. The highest BCUT2D eigenvalue weighted by Crippen LogP contribution is 2.10. The number of hydrogen-bond donors (Lipinski definition) is 3. The molecule has 0 heterocycles. The van der Waals surface area contributed by atoms with Crippen LogP contribution >= 0.6 is 0 Å². The number of nitrogens with two attached hydrogens (primary N) is 1. The number of nitrogens with one attached hydrogen (secondary N) is 1. The molecule has 0 aliphatic heterocycles. The van der Waals surface area contributed by atoms with Crippen LogP contribution < -0.4 is 11.2 Å². The van der Waals surface area contributed by atoms with Gasteiger partial charge < -0.3 is 10.9 Å². The molecule has 0 aliphatic rings. The van der Waals surface area contributed by atoms with Gasteiger partial charge in [-0.3, -0.25) is 4.79 Å². The van der Waals surface area contributed by atoms with E-state index < -0.39 is 11.9 Å². The molecule has 0 saturated heterocycles. The Morgan fingerprint density at radius 3 is 2.42 bits per heavy atom. The smallest absolute Gasteiger partial charge is 0.241 e. The molecule has 0 radical (unpaired) electrons. The molecule has 64 valence electrons. The Morgan fingerprint density at radius 2 is 2.00 bits per heavy atom. The Balaban J connectivity index is 2.88. The van der Waals surface area contributed by atoms with Crippen LogP contribution in [0.4, 0.5) is 0 Å². The van der Waals surface area contributed by atoms with E-state index in [0.717, 1.165) is 0 Å². The number of primary amides is 1. The predicted octanol–water partition coefficient (Wildman–Crippen LogP) is 0.192. The molecule has 0 saturated carbocycles. The third-order valence-electron chi connectivity index (χ3n) is 1.55. The maximum absolute atomic E-state index is 10.7. The summed E-state index contributed by atoms with van der Waals surface area (Å²) in [5.41, 5.74) is 7.51. The third-order valence-corrected chi connectivity index (χ3v) is 1.55. The van der Waals surface area contributed by atoms with Gasteiger partial charge in [0.05, 0.1) is 0 Å². The molecule has 0 bridgehead atoms. The lowest BCUT2D eigenvalue weighted by Crippen LogP contribution is -2.31. The van der Waals surface area contributed by atoms with Crippen molar-refractivity contribution in [2.75, 3.05) is 0 Å². The van der Waals surface area contributed by atoms with Crippen LogP contribution in [0.5, 0.6) is 0 Å². The first-order valence-corrected chi connectivity index (χ1v) is 3.49. The summed E-state index contributed by atoms with van der Waals surface area (Å²) in [6.07, 6.45) is 0.